The number of nitrogens with zero attached hydrogens (tertiary/aromatic N) is 1. The second-order valence-electron chi connectivity index (χ2n) is 8.44. The fourth-order valence-corrected chi connectivity index (χ4v) is 5.09. The molecule has 7 nitrogen and oxygen atoms in total. The minimum absolute atomic E-state index is 0.00358. The molecular formula is C19H32N2O5SSi. The Labute approximate surface area is 169 Å². The van der Waals surface area contributed by atoms with Gasteiger partial charge in [0, 0.05) is 18.2 Å². The Morgan fingerprint density at radius 1 is 1.29 bits per heavy atom. The molecule has 0 aliphatic heterocycles. The van der Waals surface area contributed by atoms with Gasteiger partial charge in [-0.05, 0) is 50.0 Å². The Morgan fingerprint density at radius 2 is 1.82 bits per heavy atom. The number of nitro benzene ring substituents is 1. The summed E-state index contributed by atoms with van der Waals surface area (Å²) in [7, 11) is -5.93. The maximum atomic E-state index is 12.7. The van der Waals surface area contributed by atoms with Gasteiger partial charge in [-0.25, -0.2) is 13.1 Å². The third-order valence-corrected chi connectivity index (χ3v) is 11.2. The number of rotatable bonds is 10. The first-order chi connectivity index (χ1) is 12.7. The van der Waals surface area contributed by atoms with E-state index >= 15 is 0 Å². The highest BCUT2D eigenvalue weighted by atomic mass is 32.2. The molecule has 0 saturated heterocycles. The summed E-state index contributed by atoms with van der Waals surface area (Å²) < 4.78 is 34.6. The molecule has 0 spiro atoms. The van der Waals surface area contributed by atoms with E-state index in [1.54, 1.807) is 13.0 Å². The van der Waals surface area contributed by atoms with Gasteiger partial charge in [0.25, 0.3) is 5.69 Å². The summed E-state index contributed by atoms with van der Waals surface area (Å²) in [6.07, 6.45) is 2.86. The molecule has 1 N–H and O–H groups in total. The number of hydrogen-bond acceptors (Lipinski definition) is 5. The lowest BCUT2D eigenvalue weighted by Gasteiger charge is -2.41. The van der Waals surface area contributed by atoms with Crippen molar-refractivity contribution in [3.05, 3.63) is 47.0 Å². The van der Waals surface area contributed by atoms with Crippen LogP contribution in [-0.4, -0.2) is 33.8 Å². The molecule has 28 heavy (non-hydrogen) atoms. The van der Waals surface area contributed by atoms with Crippen LogP contribution in [0.25, 0.3) is 0 Å². The third kappa shape index (κ3) is 6.51. The molecule has 9 heteroatoms. The van der Waals surface area contributed by atoms with E-state index in [1.807, 2.05) is 0 Å². The number of benzene rings is 1. The Hall–Kier alpha value is -1.55. The average molecular weight is 429 g/mol. The number of nitrogens with one attached hydrogen (secondary N) is 1. The zero-order valence-electron chi connectivity index (χ0n) is 17.6. The van der Waals surface area contributed by atoms with Gasteiger partial charge in [-0.2, -0.15) is 0 Å². The van der Waals surface area contributed by atoms with E-state index in [0.29, 0.717) is 12.8 Å². The SMILES string of the molecule is C=CCC[C@@H](O[Si](C)(C)C(C)(C)C)[C@@H](C)NS(=O)(=O)c1ccc([N+](=O)[O-])cc1. The largest absolute Gasteiger partial charge is 0.412 e. The molecule has 0 aliphatic carbocycles. The first-order valence-electron chi connectivity index (χ1n) is 9.27. The van der Waals surface area contributed by atoms with Gasteiger partial charge < -0.3 is 4.43 Å². The maximum absolute atomic E-state index is 12.7. The topological polar surface area (TPSA) is 98.5 Å². The number of sulfonamides is 1. The van der Waals surface area contributed by atoms with Gasteiger partial charge in [0.2, 0.25) is 10.0 Å². The van der Waals surface area contributed by atoms with Gasteiger partial charge in [-0.1, -0.05) is 26.8 Å². The molecule has 1 aromatic rings. The van der Waals surface area contributed by atoms with E-state index in [0.717, 1.165) is 0 Å². The molecule has 0 aromatic heterocycles. The standard InChI is InChI=1S/C19H32N2O5SSi/c1-8-9-10-18(26-28(6,7)19(3,4)5)15(2)20-27(24,25)17-13-11-16(12-14-17)21(22)23/h8,11-15,18,20H,1,9-10H2,2-7H3/t15-,18-/m1/s1. The zero-order chi connectivity index (χ0) is 21.8. The molecular weight excluding hydrogens is 396 g/mol. The lowest BCUT2D eigenvalue weighted by Crippen LogP contribution is -2.50. The van der Waals surface area contributed by atoms with Crippen LogP contribution in [0.15, 0.2) is 41.8 Å². The quantitative estimate of drug-likeness (QED) is 0.254. The lowest BCUT2D eigenvalue weighted by atomic mass is 10.1. The van der Waals surface area contributed by atoms with Crippen molar-refractivity contribution < 1.29 is 17.8 Å². The van der Waals surface area contributed by atoms with Crippen molar-refractivity contribution in [1.82, 2.24) is 4.72 Å². The molecule has 0 bridgehead atoms. The Morgan fingerprint density at radius 3 is 2.25 bits per heavy atom. The van der Waals surface area contributed by atoms with Crippen molar-refractivity contribution in [3.63, 3.8) is 0 Å². The van der Waals surface area contributed by atoms with Crippen molar-refractivity contribution in [2.45, 2.75) is 75.7 Å². The second kappa shape index (κ2) is 9.30. The van der Waals surface area contributed by atoms with Crippen LogP contribution >= 0.6 is 0 Å². The van der Waals surface area contributed by atoms with E-state index in [2.05, 4.69) is 45.2 Å². The minimum Gasteiger partial charge on any atom is -0.412 e. The highest BCUT2D eigenvalue weighted by molar-refractivity contribution is 7.89. The monoisotopic (exact) mass is 428 g/mol. The van der Waals surface area contributed by atoms with Gasteiger partial charge in [-0.3, -0.25) is 10.1 Å². The molecule has 0 unspecified atom stereocenters. The molecule has 0 fully saturated rings. The Bertz CT molecular complexity index is 786. The average Bonchev–Trinajstić information content (AvgIpc) is 2.57. The summed E-state index contributed by atoms with van der Waals surface area (Å²) in [5.74, 6) is 0. The summed E-state index contributed by atoms with van der Waals surface area (Å²) in [5.41, 5.74) is -0.155. The van der Waals surface area contributed by atoms with E-state index in [-0.39, 0.29) is 21.7 Å². The van der Waals surface area contributed by atoms with E-state index in [4.69, 9.17) is 4.43 Å². The summed E-state index contributed by atoms with van der Waals surface area (Å²) >= 11 is 0. The van der Waals surface area contributed by atoms with Crippen LogP contribution in [0.4, 0.5) is 5.69 Å². The van der Waals surface area contributed by atoms with Crippen LogP contribution in [0.2, 0.25) is 18.1 Å². The normalized spacial score (nSPS) is 15.1. The summed E-state index contributed by atoms with van der Waals surface area (Å²) in [6.45, 7) is 16.2. The molecule has 0 radical (unpaired) electrons. The summed E-state index contributed by atoms with van der Waals surface area (Å²) in [6, 6.07) is 4.37. The number of allylic oxidation sites excluding steroid dienone is 1. The predicted octanol–water partition coefficient (Wildman–Crippen LogP) is 4.62. The van der Waals surface area contributed by atoms with Crippen LogP contribution in [0, 0.1) is 10.1 Å². The Balaban J connectivity index is 3.03. The molecule has 1 rings (SSSR count). The van der Waals surface area contributed by atoms with Gasteiger partial charge in [0.1, 0.15) is 0 Å². The molecule has 0 saturated carbocycles. The van der Waals surface area contributed by atoms with Gasteiger partial charge in [0.05, 0.1) is 15.9 Å². The van der Waals surface area contributed by atoms with E-state index in [1.165, 1.54) is 24.3 Å². The molecule has 0 amide bonds. The van der Waals surface area contributed by atoms with Crippen LogP contribution in [-0.2, 0) is 14.4 Å². The van der Waals surface area contributed by atoms with E-state index in [9.17, 15) is 18.5 Å². The van der Waals surface area contributed by atoms with Crippen LogP contribution in [0.1, 0.15) is 40.5 Å². The minimum atomic E-state index is -3.83. The number of hydrogen-bond donors (Lipinski definition) is 1. The zero-order valence-corrected chi connectivity index (χ0v) is 19.4. The van der Waals surface area contributed by atoms with Crippen LogP contribution < -0.4 is 4.72 Å². The number of nitro groups is 1. The Kier molecular flexibility index (Phi) is 8.13. The van der Waals surface area contributed by atoms with Crippen LogP contribution in [0.5, 0.6) is 0 Å². The fourth-order valence-electron chi connectivity index (χ4n) is 2.38. The highest BCUT2D eigenvalue weighted by Crippen LogP contribution is 2.38. The van der Waals surface area contributed by atoms with E-state index < -0.39 is 29.3 Å². The first-order valence-corrected chi connectivity index (χ1v) is 13.7. The smallest absolute Gasteiger partial charge is 0.269 e. The first kappa shape index (κ1) is 24.5. The van der Waals surface area contributed by atoms with Crippen molar-refractivity contribution in [2.24, 2.45) is 0 Å². The summed E-state index contributed by atoms with van der Waals surface area (Å²) in [4.78, 5) is 10.2. The maximum Gasteiger partial charge on any atom is 0.269 e. The molecule has 158 valence electrons. The highest BCUT2D eigenvalue weighted by Gasteiger charge is 2.40. The molecule has 2 atom stereocenters. The van der Waals surface area contributed by atoms with Gasteiger partial charge in [-0.15, -0.1) is 6.58 Å². The van der Waals surface area contributed by atoms with Crippen molar-refractivity contribution in [1.29, 1.82) is 0 Å². The van der Waals surface area contributed by atoms with Crippen molar-refractivity contribution in [3.8, 4) is 0 Å². The molecule has 0 aliphatic rings. The fraction of sp³-hybridized carbons (Fsp3) is 0.579. The molecule has 1 aromatic carbocycles. The lowest BCUT2D eigenvalue weighted by molar-refractivity contribution is -0.384. The second-order valence-corrected chi connectivity index (χ2v) is 14.9. The van der Waals surface area contributed by atoms with Gasteiger partial charge in [0.15, 0.2) is 8.32 Å². The molecule has 0 heterocycles. The van der Waals surface area contributed by atoms with Crippen LogP contribution in [0.3, 0.4) is 0 Å². The summed E-state index contributed by atoms with van der Waals surface area (Å²) in [5, 5.41) is 10.8. The number of non-ortho nitro benzene ring substituents is 1. The predicted molar refractivity (Wildman–Crippen MR) is 114 cm³/mol. The third-order valence-electron chi connectivity index (χ3n) is 5.16. The van der Waals surface area contributed by atoms with Crippen molar-refractivity contribution in [2.75, 3.05) is 0 Å². The van der Waals surface area contributed by atoms with Crippen molar-refractivity contribution >= 4 is 24.0 Å². The van der Waals surface area contributed by atoms with Gasteiger partial charge >= 0.3 is 0 Å².